The van der Waals surface area contributed by atoms with Crippen LogP contribution in [-0.2, 0) is 0 Å². The van der Waals surface area contributed by atoms with Gasteiger partial charge >= 0.3 is 0 Å². The smallest absolute Gasteiger partial charge is 0.0794 e. The standard InChI is InChI=1S/C16H17NO/c18-16-11-10-15(13-8-4-5-9-14(13)16)17-12-6-2-1-3-7-12/h1-9,15-18H,10-11H2/t15-,16+/m1/s1. The highest BCUT2D eigenvalue weighted by Gasteiger charge is 2.25. The van der Waals surface area contributed by atoms with Crippen molar-refractivity contribution in [2.75, 3.05) is 5.32 Å². The normalized spacial score (nSPS) is 22.3. The fourth-order valence-corrected chi connectivity index (χ4v) is 2.65. The van der Waals surface area contributed by atoms with E-state index >= 15 is 0 Å². The van der Waals surface area contributed by atoms with Crippen LogP contribution in [0.2, 0.25) is 0 Å². The van der Waals surface area contributed by atoms with Gasteiger partial charge in [-0.1, -0.05) is 42.5 Å². The summed E-state index contributed by atoms with van der Waals surface area (Å²) in [5, 5.41) is 13.6. The molecule has 0 saturated heterocycles. The van der Waals surface area contributed by atoms with Crippen LogP contribution in [0.1, 0.15) is 36.1 Å². The lowest BCUT2D eigenvalue weighted by Crippen LogP contribution is -2.20. The number of hydrogen-bond donors (Lipinski definition) is 2. The van der Waals surface area contributed by atoms with Gasteiger partial charge in [-0.25, -0.2) is 0 Å². The summed E-state index contributed by atoms with van der Waals surface area (Å²) in [4.78, 5) is 0. The van der Waals surface area contributed by atoms with Gasteiger partial charge in [-0.3, -0.25) is 0 Å². The lowest BCUT2D eigenvalue weighted by Gasteiger charge is -2.30. The topological polar surface area (TPSA) is 32.3 Å². The minimum Gasteiger partial charge on any atom is -0.388 e. The highest BCUT2D eigenvalue weighted by molar-refractivity contribution is 5.47. The van der Waals surface area contributed by atoms with Gasteiger partial charge in [-0.05, 0) is 36.1 Å². The van der Waals surface area contributed by atoms with Crippen LogP contribution in [0.25, 0.3) is 0 Å². The number of hydrogen-bond acceptors (Lipinski definition) is 2. The quantitative estimate of drug-likeness (QED) is 0.838. The van der Waals surface area contributed by atoms with Gasteiger partial charge in [0.15, 0.2) is 0 Å². The lowest BCUT2D eigenvalue weighted by atomic mass is 9.85. The van der Waals surface area contributed by atoms with Crippen LogP contribution in [0, 0.1) is 0 Å². The van der Waals surface area contributed by atoms with E-state index in [9.17, 15) is 5.11 Å². The van der Waals surface area contributed by atoms with Crippen molar-refractivity contribution in [3.05, 3.63) is 65.7 Å². The molecule has 0 fully saturated rings. The SMILES string of the molecule is O[C@H]1CC[C@@H](Nc2ccccc2)c2ccccc21. The Morgan fingerprint density at radius 2 is 1.50 bits per heavy atom. The first-order valence-electron chi connectivity index (χ1n) is 6.43. The molecule has 2 aromatic rings. The number of nitrogens with one attached hydrogen (secondary N) is 1. The van der Waals surface area contributed by atoms with Gasteiger partial charge in [0.05, 0.1) is 12.1 Å². The fourth-order valence-electron chi connectivity index (χ4n) is 2.65. The van der Waals surface area contributed by atoms with Gasteiger partial charge in [-0.15, -0.1) is 0 Å². The maximum absolute atomic E-state index is 10.0. The minimum absolute atomic E-state index is 0.298. The number of anilines is 1. The zero-order chi connectivity index (χ0) is 12.4. The summed E-state index contributed by atoms with van der Waals surface area (Å²) in [6.07, 6.45) is 1.48. The maximum atomic E-state index is 10.0. The van der Waals surface area contributed by atoms with Gasteiger partial charge in [0.25, 0.3) is 0 Å². The Balaban J connectivity index is 1.89. The molecule has 92 valence electrons. The molecule has 18 heavy (non-hydrogen) atoms. The van der Waals surface area contributed by atoms with E-state index in [4.69, 9.17) is 0 Å². The van der Waals surface area contributed by atoms with Crippen LogP contribution < -0.4 is 5.32 Å². The number of fused-ring (bicyclic) bond motifs is 1. The highest BCUT2D eigenvalue weighted by Crippen LogP contribution is 2.37. The molecule has 0 bridgehead atoms. The average Bonchev–Trinajstić information content (AvgIpc) is 2.44. The predicted octanol–water partition coefficient (Wildman–Crippen LogP) is 3.67. The summed E-state index contributed by atoms with van der Waals surface area (Å²) in [6, 6.07) is 18.7. The van der Waals surface area contributed by atoms with E-state index in [0.717, 1.165) is 24.1 Å². The van der Waals surface area contributed by atoms with E-state index in [1.54, 1.807) is 0 Å². The molecule has 1 aliphatic rings. The molecule has 0 amide bonds. The first kappa shape index (κ1) is 11.3. The summed E-state index contributed by atoms with van der Waals surface area (Å²) in [6.45, 7) is 0. The second kappa shape index (κ2) is 4.83. The van der Waals surface area contributed by atoms with E-state index in [2.05, 4.69) is 23.5 Å². The second-order valence-electron chi connectivity index (χ2n) is 4.79. The Hall–Kier alpha value is -1.80. The van der Waals surface area contributed by atoms with Gasteiger partial charge in [-0.2, -0.15) is 0 Å². The molecule has 2 nitrogen and oxygen atoms in total. The zero-order valence-corrected chi connectivity index (χ0v) is 10.2. The fraction of sp³-hybridized carbons (Fsp3) is 0.250. The molecule has 2 aromatic carbocycles. The number of benzene rings is 2. The van der Waals surface area contributed by atoms with Gasteiger partial charge < -0.3 is 10.4 Å². The lowest BCUT2D eigenvalue weighted by molar-refractivity contribution is 0.152. The number of rotatable bonds is 2. The van der Waals surface area contributed by atoms with E-state index in [1.165, 1.54) is 5.56 Å². The molecule has 0 unspecified atom stereocenters. The minimum atomic E-state index is -0.310. The van der Waals surface area contributed by atoms with Crippen LogP contribution >= 0.6 is 0 Å². The maximum Gasteiger partial charge on any atom is 0.0794 e. The van der Waals surface area contributed by atoms with Crippen molar-refractivity contribution in [1.82, 2.24) is 0 Å². The van der Waals surface area contributed by atoms with Crippen molar-refractivity contribution in [1.29, 1.82) is 0 Å². The number of para-hydroxylation sites is 1. The Labute approximate surface area is 107 Å². The molecular formula is C16H17NO. The molecule has 2 heteroatoms. The summed E-state index contributed by atoms with van der Waals surface area (Å²) in [5.41, 5.74) is 3.42. The summed E-state index contributed by atoms with van der Waals surface area (Å²) in [5.74, 6) is 0. The summed E-state index contributed by atoms with van der Waals surface area (Å²) >= 11 is 0. The first-order valence-corrected chi connectivity index (χ1v) is 6.43. The van der Waals surface area contributed by atoms with Crippen LogP contribution in [0.3, 0.4) is 0 Å². The second-order valence-corrected chi connectivity index (χ2v) is 4.79. The van der Waals surface area contributed by atoms with Crippen molar-refractivity contribution in [3.63, 3.8) is 0 Å². The van der Waals surface area contributed by atoms with Crippen molar-refractivity contribution in [2.24, 2.45) is 0 Å². The van der Waals surface area contributed by atoms with Crippen molar-refractivity contribution in [2.45, 2.75) is 25.0 Å². The summed E-state index contributed by atoms with van der Waals surface area (Å²) in [7, 11) is 0. The third-order valence-electron chi connectivity index (χ3n) is 3.57. The Bertz CT molecular complexity index is 524. The molecule has 0 radical (unpaired) electrons. The van der Waals surface area contributed by atoms with Crippen LogP contribution in [0.5, 0.6) is 0 Å². The largest absolute Gasteiger partial charge is 0.388 e. The average molecular weight is 239 g/mol. The summed E-state index contributed by atoms with van der Waals surface area (Å²) < 4.78 is 0. The van der Waals surface area contributed by atoms with Crippen LogP contribution in [-0.4, -0.2) is 5.11 Å². The van der Waals surface area contributed by atoms with Gasteiger partial charge in [0, 0.05) is 5.69 Å². The van der Waals surface area contributed by atoms with Crippen molar-refractivity contribution < 1.29 is 5.11 Å². The van der Waals surface area contributed by atoms with E-state index < -0.39 is 0 Å². The molecule has 2 atom stereocenters. The third-order valence-corrected chi connectivity index (χ3v) is 3.57. The molecule has 3 rings (SSSR count). The first-order chi connectivity index (χ1) is 8.84. The van der Waals surface area contributed by atoms with Crippen molar-refractivity contribution in [3.8, 4) is 0 Å². The van der Waals surface area contributed by atoms with Crippen LogP contribution in [0.4, 0.5) is 5.69 Å². The number of aliphatic hydroxyl groups is 1. The zero-order valence-electron chi connectivity index (χ0n) is 10.2. The van der Waals surface area contributed by atoms with Gasteiger partial charge in [0.2, 0.25) is 0 Å². The third kappa shape index (κ3) is 2.12. The van der Waals surface area contributed by atoms with E-state index in [0.29, 0.717) is 6.04 Å². The molecule has 0 saturated carbocycles. The van der Waals surface area contributed by atoms with E-state index in [-0.39, 0.29) is 6.10 Å². The Kier molecular flexibility index (Phi) is 3.03. The van der Waals surface area contributed by atoms with Gasteiger partial charge in [0.1, 0.15) is 0 Å². The molecule has 2 N–H and O–H groups in total. The predicted molar refractivity (Wildman–Crippen MR) is 73.4 cm³/mol. The molecular weight excluding hydrogens is 222 g/mol. The molecule has 0 spiro atoms. The van der Waals surface area contributed by atoms with E-state index in [1.807, 2.05) is 36.4 Å². The Morgan fingerprint density at radius 3 is 2.28 bits per heavy atom. The molecule has 0 aliphatic heterocycles. The monoisotopic (exact) mass is 239 g/mol. The highest BCUT2D eigenvalue weighted by atomic mass is 16.3. The molecule has 0 aromatic heterocycles. The Morgan fingerprint density at radius 1 is 0.833 bits per heavy atom. The van der Waals surface area contributed by atoms with Crippen molar-refractivity contribution >= 4 is 5.69 Å². The number of aliphatic hydroxyl groups excluding tert-OH is 1. The van der Waals surface area contributed by atoms with Crippen LogP contribution in [0.15, 0.2) is 54.6 Å². The molecule has 0 heterocycles. The molecule has 1 aliphatic carbocycles.